The topological polar surface area (TPSA) is 0 Å². The van der Waals surface area contributed by atoms with Crippen LogP contribution >= 0.6 is 0 Å². The average Bonchev–Trinajstić information content (AvgIpc) is 3.10. The first-order valence-electron chi connectivity index (χ1n) is 12.7. The van der Waals surface area contributed by atoms with Crippen LogP contribution in [0.25, 0.3) is 11.1 Å². The minimum absolute atomic E-state index is 0.341. The Kier molecular flexibility index (Phi) is 6.06. The van der Waals surface area contributed by atoms with Crippen molar-refractivity contribution in [3.8, 4) is 11.1 Å². The third-order valence-corrected chi connectivity index (χ3v) is 8.25. The maximum absolute atomic E-state index is 14.2. The lowest BCUT2D eigenvalue weighted by atomic mass is 9.63. The molecule has 0 heterocycles. The Labute approximate surface area is 224 Å². The third-order valence-electron chi connectivity index (χ3n) is 8.25. The number of halogens is 6. The molecule has 0 fully saturated rings. The van der Waals surface area contributed by atoms with Gasteiger partial charge in [-0.25, -0.2) is 0 Å². The molecule has 6 heteroatoms. The Hall–Kier alpha value is -3.54. The number of rotatable bonds is 2. The Bertz CT molecular complexity index is 1510. The summed E-state index contributed by atoms with van der Waals surface area (Å²) < 4.78 is 85.4. The summed E-state index contributed by atoms with van der Waals surface area (Å²) >= 11 is 0. The lowest BCUT2D eigenvalue weighted by molar-refractivity contribution is -0.138. The number of hydrogen-bond donors (Lipinski definition) is 0. The van der Waals surface area contributed by atoms with Gasteiger partial charge in [-0.3, -0.25) is 0 Å². The van der Waals surface area contributed by atoms with Gasteiger partial charge in [0, 0.05) is 0 Å². The Balaban J connectivity index is 2.09. The van der Waals surface area contributed by atoms with Gasteiger partial charge in [-0.05, 0) is 121 Å². The highest BCUT2D eigenvalue weighted by Crippen LogP contribution is 2.59. The SMILES string of the molecule is Cc1ccc2c(c1)C(c1cc(C(F)(F)F)cc(C)c1C)(c1cc(C(F)(F)F)cc(C)c1C)c1cc(C)ccc1-2. The van der Waals surface area contributed by atoms with Gasteiger partial charge in [0.05, 0.1) is 16.5 Å². The fourth-order valence-electron chi connectivity index (χ4n) is 6.10. The first-order chi connectivity index (χ1) is 18.1. The zero-order chi connectivity index (χ0) is 28.7. The zero-order valence-electron chi connectivity index (χ0n) is 22.5. The number of fused-ring (bicyclic) bond motifs is 3. The highest BCUT2D eigenvalue weighted by Gasteiger charge is 2.50. The summed E-state index contributed by atoms with van der Waals surface area (Å²) in [6.45, 7) is 10.5. The van der Waals surface area contributed by atoms with E-state index in [-0.39, 0.29) is 0 Å². The number of aryl methyl sites for hydroxylation is 4. The van der Waals surface area contributed by atoms with Crippen LogP contribution in [0.15, 0.2) is 60.7 Å². The first kappa shape index (κ1) is 27.0. The van der Waals surface area contributed by atoms with Gasteiger partial charge >= 0.3 is 12.4 Å². The summed E-state index contributed by atoms with van der Waals surface area (Å²) in [6, 6.07) is 16.0. The predicted molar refractivity (Wildman–Crippen MR) is 142 cm³/mol. The molecular weight excluding hydrogens is 510 g/mol. The lowest BCUT2D eigenvalue weighted by Crippen LogP contribution is -2.32. The molecule has 1 aliphatic carbocycles. The molecule has 202 valence electrons. The van der Waals surface area contributed by atoms with Gasteiger partial charge in [-0.15, -0.1) is 0 Å². The van der Waals surface area contributed by atoms with Crippen LogP contribution in [0, 0.1) is 41.5 Å². The largest absolute Gasteiger partial charge is 0.416 e. The molecule has 1 aliphatic rings. The Morgan fingerprint density at radius 1 is 0.462 bits per heavy atom. The molecule has 0 saturated carbocycles. The molecule has 0 saturated heterocycles. The summed E-state index contributed by atoms with van der Waals surface area (Å²) in [5.74, 6) is 0. The summed E-state index contributed by atoms with van der Waals surface area (Å²) in [6.07, 6.45) is -9.26. The van der Waals surface area contributed by atoms with E-state index in [2.05, 4.69) is 0 Å². The summed E-state index contributed by atoms with van der Waals surface area (Å²) in [5, 5.41) is 0. The molecule has 0 unspecified atom stereocenters. The monoisotopic (exact) mass is 538 g/mol. The first-order valence-corrected chi connectivity index (χ1v) is 12.7. The fraction of sp³-hybridized carbons (Fsp3) is 0.273. The van der Waals surface area contributed by atoms with Crippen molar-refractivity contribution in [1.82, 2.24) is 0 Å². The number of hydrogen-bond acceptors (Lipinski definition) is 0. The van der Waals surface area contributed by atoms with E-state index >= 15 is 0 Å². The van der Waals surface area contributed by atoms with Crippen LogP contribution in [0.5, 0.6) is 0 Å². The maximum Gasteiger partial charge on any atom is 0.416 e. The van der Waals surface area contributed by atoms with Crippen LogP contribution in [0.3, 0.4) is 0 Å². The van der Waals surface area contributed by atoms with Crippen molar-refractivity contribution in [2.24, 2.45) is 0 Å². The standard InChI is InChI=1S/C33H28F6/c1-17-7-9-25-26-10-8-18(2)12-30(26)31(29(25)11-17,27-15-23(32(34,35)36)13-19(3)21(27)5)28-16-24(33(37,38)39)14-20(4)22(28)6/h7-16H,1-6H3. The summed E-state index contributed by atoms with van der Waals surface area (Å²) in [4.78, 5) is 0. The van der Waals surface area contributed by atoms with Crippen molar-refractivity contribution in [2.45, 2.75) is 59.3 Å². The zero-order valence-corrected chi connectivity index (χ0v) is 22.5. The number of alkyl halides is 6. The predicted octanol–water partition coefficient (Wildman–Crippen LogP) is 9.94. The van der Waals surface area contributed by atoms with Crippen molar-refractivity contribution in [3.63, 3.8) is 0 Å². The van der Waals surface area contributed by atoms with Gasteiger partial charge < -0.3 is 0 Å². The normalized spacial score (nSPS) is 14.4. The highest BCUT2D eigenvalue weighted by atomic mass is 19.4. The molecule has 0 bridgehead atoms. The van der Waals surface area contributed by atoms with Gasteiger partial charge in [0.25, 0.3) is 0 Å². The van der Waals surface area contributed by atoms with E-state index in [9.17, 15) is 26.3 Å². The average molecular weight is 539 g/mol. The van der Waals surface area contributed by atoms with Crippen LogP contribution in [-0.4, -0.2) is 0 Å². The van der Waals surface area contributed by atoms with Crippen molar-refractivity contribution in [2.75, 3.05) is 0 Å². The van der Waals surface area contributed by atoms with E-state index in [1.807, 2.05) is 50.2 Å². The van der Waals surface area contributed by atoms with Crippen LogP contribution in [0.2, 0.25) is 0 Å². The number of benzene rings is 4. The van der Waals surface area contributed by atoms with E-state index < -0.39 is 28.9 Å². The van der Waals surface area contributed by atoms with E-state index in [1.54, 1.807) is 27.7 Å². The van der Waals surface area contributed by atoms with Gasteiger partial charge in [-0.2, -0.15) is 26.3 Å². The fourth-order valence-corrected chi connectivity index (χ4v) is 6.10. The molecule has 0 radical (unpaired) electrons. The van der Waals surface area contributed by atoms with Crippen molar-refractivity contribution in [1.29, 1.82) is 0 Å². The minimum Gasteiger partial charge on any atom is -0.166 e. The van der Waals surface area contributed by atoms with Crippen molar-refractivity contribution < 1.29 is 26.3 Å². The van der Waals surface area contributed by atoms with Gasteiger partial charge in [0.2, 0.25) is 0 Å². The molecule has 4 aromatic rings. The van der Waals surface area contributed by atoms with Crippen molar-refractivity contribution >= 4 is 0 Å². The second-order valence-corrected chi connectivity index (χ2v) is 10.8. The summed E-state index contributed by atoms with van der Waals surface area (Å²) in [7, 11) is 0. The van der Waals surface area contributed by atoms with E-state index in [1.165, 1.54) is 0 Å². The molecule has 4 aromatic carbocycles. The Morgan fingerprint density at radius 2 is 0.821 bits per heavy atom. The third kappa shape index (κ3) is 4.07. The van der Waals surface area contributed by atoms with Gasteiger partial charge in [-0.1, -0.05) is 47.5 Å². The highest BCUT2D eigenvalue weighted by molar-refractivity contribution is 5.88. The molecule has 5 rings (SSSR count). The Morgan fingerprint density at radius 3 is 1.15 bits per heavy atom. The molecule has 0 N–H and O–H groups in total. The molecule has 39 heavy (non-hydrogen) atoms. The lowest BCUT2D eigenvalue weighted by Gasteiger charge is -2.38. The minimum atomic E-state index is -4.63. The van der Waals surface area contributed by atoms with E-state index in [0.717, 1.165) is 46.5 Å². The molecule has 0 aromatic heterocycles. The second kappa shape index (κ2) is 8.73. The summed E-state index contributed by atoms with van der Waals surface area (Å²) in [5.41, 5.74) is 4.43. The molecule has 0 nitrogen and oxygen atoms in total. The van der Waals surface area contributed by atoms with Crippen LogP contribution in [-0.2, 0) is 17.8 Å². The van der Waals surface area contributed by atoms with Crippen LogP contribution in [0.4, 0.5) is 26.3 Å². The van der Waals surface area contributed by atoms with Crippen LogP contribution in [0.1, 0.15) is 66.8 Å². The smallest absolute Gasteiger partial charge is 0.166 e. The maximum atomic E-state index is 14.2. The molecule has 0 atom stereocenters. The molecule has 0 spiro atoms. The van der Waals surface area contributed by atoms with Gasteiger partial charge in [0.15, 0.2) is 0 Å². The van der Waals surface area contributed by atoms with Crippen LogP contribution < -0.4 is 0 Å². The molecule has 0 amide bonds. The second-order valence-electron chi connectivity index (χ2n) is 10.8. The quantitative estimate of drug-likeness (QED) is 0.196. The van der Waals surface area contributed by atoms with E-state index in [0.29, 0.717) is 44.5 Å². The molecule has 0 aliphatic heterocycles. The van der Waals surface area contributed by atoms with E-state index in [4.69, 9.17) is 0 Å². The van der Waals surface area contributed by atoms with Crippen molar-refractivity contribution in [3.05, 3.63) is 127 Å². The van der Waals surface area contributed by atoms with Gasteiger partial charge in [0.1, 0.15) is 0 Å². The molecular formula is C33H28F6.